The number of nitrogens with one attached hydrogen (secondary N) is 1. The Morgan fingerprint density at radius 2 is 1.57 bits per heavy atom. The Labute approximate surface area is 246 Å². The molecule has 0 aromatic heterocycles. The number of sulfonamides is 1. The van der Waals surface area contributed by atoms with Crippen LogP contribution in [0.1, 0.15) is 42.9 Å². The summed E-state index contributed by atoms with van der Waals surface area (Å²) in [5.41, 5.74) is 3.29. The fraction of sp³-hybridized carbons (Fsp3) is 0.355. The average molecular weight is 629 g/mol. The van der Waals surface area contributed by atoms with Crippen LogP contribution in [0.4, 0.5) is 5.69 Å². The van der Waals surface area contributed by atoms with Crippen LogP contribution < -0.4 is 9.62 Å². The molecule has 0 radical (unpaired) electrons. The predicted molar refractivity (Wildman–Crippen MR) is 165 cm³/mol. The summed E-state index contributed by atoms with van der Waals surface area (Å²) in [6, 6.07) is 23.9. The van der Waals surface area contributed by atoms with Crippen LogP contribution in [-0.2, 0) is 32.6 Å². The number of anilines is 1. The van der Waals surface area contributed by atoms with Crippen molar-refractivity contribution in [2.75, 3.05) is 23.7 Å². The maximum atomic E-state index is 13.8. The summed E-state index contributed by atoms with van der Waals surface area (Å²) < 4.78 is 27.5. The summed E-state index contributed by atoms with van der Waals surface area (Å²) in [5.74, 6) is -0.400. The lowest BCUT2D eigenvalue weighted by Gasteiger charge is -2.32. The summed E-state index contributed by atoms with van der Waals surface area (Å²) >= 11 is 3.46. The first-order valence-corrected chi connectivity index (χ1v) is 16.1. The van der Waals surface area contributed by atoms with E-state index in [-0.39, 0.29) is 31.3 Å². The molecular formula is C31H38BrN3O4S. The Hall–Kier alpha value is -3.17. The molecule has 0 aliphatic heterocycles. The van der Waals surface area contributed by atoms with Gasteiger partial charge in [0.15, 0.2) is 0 Å². The van der Waals surface area contributed by atoms with E-state index in [4.69, 9.17) is 0 Å². The fourth-order valence-corrected chi connectivity index (χ4v) is 5.82. The van der Waals surface area contributed by atoms with Gasteiger partial charge in [-0.2, -0.15) is 0 Å². The van der Waals surface area contributed by atoms with Crippen molar-refractivity contribution in [3.63, 3.8) is 0 Å². The van der Waals surface area contributed by atoms with Crippen molar-refractivity contribution in [2.24, 2.45) is 0 Å². The van der Waals surface area contributed by atoms with Crippen LogP contribution in [0, 0.1) is 6.92 Å². The Bertz CT molecular complexity index is 1360. The highest BCUT2D eigenvalue weighted by Crippen LogP contribution is 2.23. The number of carbonyl (C=O) groups excluding carboxylic acids is 2. The number of hydrogen-bond acceptors (Lipinski definition) is 4. The molecule has 0 heterocycles. The molecule has 0 saturated heterocycles. The maximum absolute atomic E-state index is 13.8. The summed E-state index contributed by atoms with van der Waals surface area (Å²) in [5, 5.41) is 2.98. The summed E-state index contributed by atoms with van der Waals surface area (Å²) in [6.45, 7) is 4.79. The maximum Gasteiger partial charge on any atom is 0.243 e. The normalized spacial score (nSPS) is 12.0. The quantitative estimate of drug-likeness (QED) is 0.257. The molecule has 0 unspecified atom stereocenters. The summed E-state index contributed by atoms with van der Waals surface area (Å²) in [4.78, 5) is 28.9. The molecule has 3 aromatic rings. The molecule has 2 amide bonds. The van der Waals surface area contributed by atoms with Gasteiger partial charge in [-0.25, -0.2) is 8.42 Å². The average Bonchev–Trinajstić information content (AvgIpc) is 2.93. The van der Waals surface area contributed by atoms with Crippen molar-refractivity contribution in [1.82, 2.24) is 10.2 Å². The van der Waals surface area contributed by atoms with Crippen LogP contribution in [0.15, 0.2) is 83.3 Å². The van der Waals surface area contributed by atoms with Crippen molar-refractivity contribution < 1.29 is 18.0 Å². The topological polar surface area (TPSA) is 86.8 Å². The molecule has 9 heteroatoms. The minimum Gasteiger partial charge on any atom is -0.354 e. The van der Waals surface area contributed by atoms with Crippen molar-refractivity contribution in [3.05, 3.63) is 100 Å². The van der Waals surface area contributed by atoms with Gasteiger partial charge in [-0.15, -0.1) is 0 Å². The van der Waals surface area contributed by atoms with E-state index in [2.05, 4.69) is 21.2 Å². The molecule has 3 rings (SSSR count). The second kappa shape index (κ2) is 15.0. The van der Waals surface area contributed by atoms with Crippen LogP contribution in [0.2, 0.25) is 0 Å². The van der Waals surface area contributed by atoms with Gasteiger partial charge >= 0.3 is 0 Å². The number of carbonyl (C=O) groups is 2. The van der Waals surface area contributed by atoms with Crippen molar-refractivity contribution in [2.45, 2.75) is 52.1 Å². The Balaban J connectivity index is 1.87. The van der Waals surface area contributed by atoms with Gasteiger partial charge < -0.3 is 10.2 Å². The lowest BCUT2D eigenvalue weighted by Crippen LogP contribution is -2.50. The fourth-order valence-electron chi connectivity index (χ4n) is 4.53. The third kappa shape index (κ3) is 9.20. The molecular weight excluding hydrogens is 590 g/mol. The van der Waals surface area contributed by atoms with Gasteiger partial charge in [0.25, 0.3) is 0 Å². The van der Waals surface area contributed by atoms with Crippen LogP contribution in [0.5, 0.6) is 0 Å². The number of hydrogen-bond donors (Lipinski definition) is 1. The second-order valence-electron chi connectivity index (χ2n) is 9.87. The number of para-hydroxylation sites is 1. The molecule has 40 heavy (non-hydrogen) atoms. The van der Waals surface area contributed by atoms with Gasteiger partial charge in [-0.05, 0) is 54.7 Å². The van der Waals surface area contributed by atoms with Crippen LogP contribution in [-0.4, -0.2) is 50.5 Å². The molecule has 0 fully saturated rings. The zero-order valence-corrected chi connectivity index (χ0v) is 25.7. The van der Waals surface area contributed by atoms with Gasteiger partial charge in [0.2, 0.25) is 21.8 Å². The van der Waals surface area contributed by atoms with E-state index in [0.717, 1.165) is 27.6 Å². The highest BCUT2D eigenvalue weighted by atomic mass is 79.9. The number of nitrogens with zero attached hydrogens (tertiary/aromatic N) is 2. The summed E-state index contributed by atoms with van der Waals surface area (Å²) in [6.07, 6.45) is 2.74. The van der Waals surface area contributed by atoms with E-state index in [9.17, 15) is 18.0 Å². The molecule has 0 aliphatic carbocycles. The first-order valence-electron chi connectivity index (χ1n) is 13.5. The number of rotatable bonds is 14. The lowest BCUT2D eigenvalue weighted by atomic mass is 10.0. The molecule has 0 spiro atoms. The van der Waals surface area contributed by atoms with Crippen molar-refractivity contribution in [3.8, 4) is 0 Å². The largest absolute Gasteiger partial charge is 0.354 e. The SMILES string of the molecule is CCCNC(=O)[C@@H](Cc1ccccc1)N(Cc1ccc(Br)cc1)C(=O)CCCN(c1ccccc1C)S(C)(=O)=O. The highest BCUT2D eigenvalue weighted by Gasteiger charge is 2.30. The van der Waals surface area contributed by atoms with E-state index < -0.39 is 16.1 Å². The Morgan fingerprint density at radius 1 is 0.925 bits per heavy atom. The monoisotopic (exact) mass is 627 g/mol. The van der Waals surface area contributed by atoms with Gasteiger partial charge in [0.05, 0.1) is 11.9 Å². The third-order valence-corrected chi connectivity index (χ3v) is 8.33. The number of aryl methyl sites for hydroxylation is 1. The van der Waals surface area contributed by atoms with E-state index in [1.54, 1.807) is 17.0 Å². The smallest absolute Gasteiger partial charge is 0.243 e. The Morgan fingerprint density at radius 3 is 2.20 bits per heavy atom. The first-order chi connectivity index (χ1) is 19.1. The third-order valence-electron chi connectivity index (χ3n) is 6.62. The van der Waals surface area contributed by atoms with Gasteiger partial charge in [0, 0.05) is 36.9 Å². The molecule has 0 aliphatic rings. The zero-order chi connectivity index (χ0) is 29.1. The van der Waals surface area contributed by atoms with E-state index >= 15 is 0 Å². The van der Waals surface area contributed by atoms with Crippen LogP contribution >= 0.6 is 15.9 Å². The highest BCUT2D eigenvalue weighted by molar-refractivity contribution is 9.10. The molecule has 214 valence electrons. The molecule has 1 atom stereocenters. The van der Waals surface area contributed by atoms with E-state index in [0.29, 0.717) is 25.1 Å². The molecule has 0 bridgehead atoms. The Kier molecular flexibility index (Phi) is 11.8. The van der Waals surface area contributed by atoms with E-state index in [1.165, 1.54) is 10.6 Å². The minimum absolute atomic E-state index is 0.0980. The number of benzene rings is 3. The predicted octanol–water partition coefficient (Wildman–Crippen LogP) is 5.47. The zero-order valence-electron chi connectivity index (χ0n) is 23.3. The summed E-state index contributed by atoms with van der Waals surface area (Å²) in [7, 11) is -3.55. The van der Waals surface area contributed by atoms with Gasteiger partial charge in [-0.1, -0.05) is 83.5 Å². The standard InChI is InChI=1S/C31H38BrN3O4S/c1-4-20-33-31(37)29(22-25-12-6-5-7-13-25)34(23-26-16-18-27(32)19-17-26)30(36)15-10-21-35(40(3,38)39)28-14-9-8-11-24(28)2/h5-9,11-14,16-19,29H,4,10,15,20-23H2,1-3H3,(H,33,37)/t29-/m1/s1. The second-order valence-corrected chi connectivity index (χ2v) is 12.7. The first kappa shape index (κ1) is 31.4. The van der Waals surface area contributed by atoms with Crippen molar-refractivity contribution in [1.29, 1.82) is 0 Å². The van der Waals surface area contributed by atoms with Crippen LogP contribution in [0.3, 0.4) is 0 Å². The molecule has 3 aromatic carbocycles. The number of amides is 2. The van der Waals surface area contributed by atoms with E-state index in [1.807, 2.05) is 80.6 Å². The number of halogens is 1. The van der Waals surface area contributed by atoms with Gasteiger partial charge in [0.1, 0.15) is 6.04 Å². The minimum atomic E-state index is -3.55. The molecule has 7 nitrogen and oxygen atoms in total. The van der Waals surface area contributed by atoms with Crippen LogP contribution in [0.25, 0.3) is 0 Å². The lowest BCUT2D eigenvalue weighted by molar-refractivity contribution is -0.141. The molecule has 0 saturated carbocycles. The van der Waals surface area contributed by atoms with Gasteiger partial charge in [-0.3, -0.25) is 13.9 Å². The molecule has 1 N–H and O–H groups in total. The van der Waals surface area contributed by atoms with Crippen molar-refractivity contribution >= 4 is 43.5 Å².